The van der Waals surface area contributed by atoms with Crippen LogP contribution in [0.3, 0.4) is 0 Å². The lowest BCUT2D eigenvalue weighted by Crippen LogP contribution is -2.38. The molecule has 4 N–H and O–H groups in total. The molecule has 1 saturated heterocycles. The minimum Gasteiger partial charge on any atom is -0.448 e. The number of aryl methyl sites for hydroxylation is 1. The Morgan fingerprint density at radius 2 is 1.97 bits per heavy atom. The highest BCUT2D eigenvalue weighted by molar-refractivity contribution is 7.21. The molecule has 10 nitrogen and oxygen atoms in total. The molecule has 1 aromatic carbocycles. The third-order valence-corrected chi connectivity index (χ3v) is 7.52. The third-order valence-electron chi connectivity index (χ3n) is 6.47. The summed E-state index contributed by atoms with van der Waals surface area (Å²) >= 11 is 1.38. The summed E-state index contributed by atoms with van der Waals surface area (Å²) in [6.45, 7) is 1.21. The summed E-state index contributed by atoms with van der Waals surface area (Å²) < 4.78 is 44.3. The predicted molar refractivity (Wildman–Crippen MR) is 130 cm³/mol. The average Bonchev–Trinajstić information content (AvgIpc) is 3.52. The molecule has 0 spiro atoms. The van der Waals surface area contributed by atoms with Crippen LogP contribution in [0.5, 0.6) is 0 Å². The molecule has 0 radical (unpaired) electrons. The molecule has 3 heterocycles. The number of para-hydroxylation sites is 1. The molecule has 4 unspecified atom stereocenters. The van der Waals surface area contributed by atoms with Gasteiger partial charge in [0.15, 0.2) is 0 Å². The van der Waals surface area contributed by atoms with Gasteiger partial charge in [-0.15, -0.1) is 11.3 Å². The van der Waals surface area contributed by atoms with Gasteiger partial charge in [0.05, 0.1) is 40.2 Å². The zero-order valence-electron chi connectivity index (χ0n) is 19.7. The third kappa shape index (κ3) is 5.40. The number of hydrogen-bond acceptors (Lipinski definition) is 10. The number of thiazole rings is 1. The quantitative estimate of drug-likeness (QED) is 0.358. The minimum atomic E-state index is -4.47. The van der Waals surface area contributed by atoms with E-state index >= 15 is 0 Å². The number of benzene rings is 1. The van der Waals surface area contributed by atoms with Crippen LogP contribution in [-0.4, -0.2) is 86.8 Å². The number of aromatic nitrogens is 3. The van der Waals surface area contributed by atoms with Crippen LogP contribution in [0.15, 0.2) is 24.3 Å². The fraction of sp³-hybridized carbons (Fsp3) is 0.478. The van der Waals surface area contributed by atoms with Gasteiger partial charge in [0.25, 0.3) is 0 Å². The van der Waals surface area contributed by atoms with Gasteiger partial charge in [-0.05, 0) is 25.5 Å². The Bertz CT molecular complexity index is 1270. The molecule has 0 bridgehead atoms. The Labute approximate surface area is 213 Å². The van der Waals surface area contributed by atoms with Crippen molar-refractivity contribution in [2.75, 3.05) is 36.9 Å². The van der Waals surface area contributed by atoms with E-state index in [2.05, 4.69) is 25.6 Å². The van der Waals surface area contributed by atoms with Crippen LogP contribution in [-0.2, 0) is 4.74 Å². The number of amides is 1. The number of carbonyl (C=O) groups is 1. The maximum absolute atomic E-state index is 12.8. The predicted octanol–water partition coefficient (Wildman–Crippen LogP) is 3.01. The van der Waals surface area contributed by atoms with Crippen LogP contribution in [0, 0.1) is 12.8 Å². The van der Waals surface area contributed by atoms with E-state index in [4.69, 9.17) is 4.74 Å². The normalized spacial score (nSPS) is 24.1. The zero-order valence-corrected chi connectivity index (χ0v) is 20.5. The molecule has 1 saturated carbocycles. The lowest BCUT2D eigenvalue weighted by atomic mass is 10.1. The van der Waals surface area contributed by atoms with Crippen molar-refractivity contribution in [3.8, 4) is 10.6 Å². The lowest BCUT2D eigenvalue weighted by molar-refractivity contribution is -0.115. The van der Waals surface area contributed by atoms with Crippen LogP contribution < -0.4 is 10.6 Å². The van der Waals surface area contributed by atoms with Gasteiger partial charge in [0.1, 0.15) is 30.1 Å². The van der Waals surface area contributed by atoms with Crippen molar-refractivity contribution < 1.29 is 32.9 Å². The Morgan fingerprint density at radius 3 is 2.68 bits per heavy atom. The van der Waals surface area contributed by atoms with Gasteiger partial charge in [-0.25, -0.2) is 14.8 Å². The van der Waals surface area contributed by atoms with Crippen LogP contribution >= 0.6 is 11.3 Å². The van der Waals surface area contributed by atoms with Crippen LogP contribution in [0.2, 0.25) is 0 Å². The van der Waals surface area contributed by atoms with Gasteiger partial charge in [-0.3, -0.25) is 0 Å². The molecule has 4 atom stereocenters. The number of cyclic esters (lactones) is 1. The molecule has 1 aliphatic heterocycles. The van der Waals surface area contributed by atoms with Gasteiger partial charge in [-0.2, -0.15) is 18.2 Å². The van der Waals surface area contributed by atoms with E-state index < -0.39 is 43.0 Å². The molecule has 14 heteroatoms. The molecular weight excluding hydrogens is 513 g/mol. The smallest absolute Gasteiger partial charge is 0.409 e. The van der Waals surface area contributed by atoms with Crippen molar-refractivity contribution in [1.82, 2.24) is 19.9 Å². The summed E-state index contributed by atoms with van der Waals surface area (Å²) in [4.78, 5) is 26.5. The van der Waals surface area contributed by atoms with E-state index in [-0.39, 0.29) is 24.9 Å². The van der Waals surface area contributed by atoms with E-state index in [1.54, 1.807) is 6.92 Å². The van der Waals surface area contributed by atoms with E-state index in [0.717, 1.165) is 10.2 Å². The van der Waals surface area contributed by atoms with Crippen molar-refractivity contribution in [2.24, 2.45) is 5.92 Å². The first-order valence-electron chi connectivity index (χ1n) is 11.7. The van der Waals surface area contributed by atoms with E-state index in [1.165, 1.54) is 16.2 Å². The first-order chi connectivity index (χ1) is 17.6. The highest BCUT2D eigenvalue weighted by atomic mass is 32.1. The van der Waals surface area contributed by atoms with E-state index in [1.807, 2.05) is 24.3 Å². The maximum Gasteiger partial charge on any atom is 0.409 e. The van der Waals surface area contributed by atoms with Gasteiger partial charge in [0, 0.05) is 12.5 Å². The number of aliphatic hydroxyl groups is 2. The van der Waals surface area contributed by atoms with Crippen molar-refractivity contribution in [2.45, 2.75) is 37.8 Å². The zero-order chi connectivity index (χ0) is 26.3. The van der Waals surface area contributed by atoms with E-state index in [9.17, 15) is 28.2 Å². The lowest BCUT2D eigenvalue weighted by Gasteiger charge is -2.21. The molecular formula is C23H25F3N6O4S. The highest BCUT2D eigenvalue weighted by Gasteiger charge is 2.44. The standard InChI is InChI=1S/C23H25F3N6O4S/c1-11-16(20-30-13-4-2-3-5-15(13)37-20)19(31-21(28-11)27-10-23(24,25)26)29-14-8-12(17(33)18(14)34)9-32-6-7-36-22(32)35/h2-5,12,14,17-18,33-34H,6-10H2,1H3,(H2,27,28,29,31). The molecule has 37 heavy (non-hydrogen) atoms. The number of nitrogens with one attached hydrogen (secondary N) is 2. The summed E-state index contributed by atoms with van der Waals surface area (Å²) in [6.07, 6.45) is -6.97. The Balaban J connectivity index is 1.46. The Morgan fingerprint density at radius 1 is 1.19 bits per heavy atom. The number of nitrogens with zero attached hydrogens (tertiary/aromatic N) is 4. The van der Waals surface area contributed by atoms with Crippen molar-refractivity contribution in [1.29, 1.82) is 0 Å². The SMILES string of the molecule is Cc1nc(NCC(F)(F)F)nc(NC2CC(CN3CCOC3=O)C(O)C2O)c1-c1nc2ccccc2s1. The topological polar surface area (TPSA) is 133 Å². The largest absolute Gasteiger partial charge is 0.448 e. The van der Waals surface area contributed by atoms with Crippen LogP contribution in [0.1, 0.15) is 12.1 Å². The van der Waals surface area contributed by atoms with Crippen molar-refractivity contribution in [3.63, 3.8) is 0 Å². The summed E-state index contributed by atoms with van der Waals surface area (Å²) in [7, 11) is 0. The number of rotatable bonds is 7. The molecule has 2 fully saturated rings. The van der Waals surface area contributed by atoms with Gasteiger partial charge in [0.2, 0.25) is 5.95 Å². The molecule has 2 aliphatic rings. The summed E-state index contributed by atoms with van der Waals surface area (Å²) in [5, 5.41) is 27.3. The molecule has 1 amide bonds. The second-order valence-corrected chi connectivity index (χ2v) is 10.1. The number of anilines is 2. The van der Waals surface area contributed by atoms with Crippen molar-refractivity contribution in [3.05, 3.63) is 30.0 Å². The van der Waals surface area contributed by atoms with Gasteiger partial charge >= 0.3 is 12.3 Å². The average molecular weight is 539 g/mol. The number of hydrogen-bond donors (Lipinski definition) is 4. The first kappa shape index (κ1) is 25.4. The highest BCUT2D eigenvalue weighted by Crippen LogP contribution is 2.38. The summed E-state index contributed by atoms with van der Waals surface area (Å²) in [6, 6.07) is 6.80. The monoisotopic (exact) mass is 538 g/mol. The number of aliphatic hydroxyl groups excluding tert-OH is 2. The van der Waals surface area contributed by atoms with Crippen LogP contribution in [0.25, 0.3) is 20.8 Å². The Hall–Kier alpha value is -3.23. The summed E-state index contributed by atoms with van der Waals surface area (Å²) in [5.41, 5.74) is 1.64. The Kier molecular flexibility index (Phi) is 6.81. The second-order valence-electron chi connectivity index (χ2n) is 9.10. The van der Waals surface area contributed by atoms with Crippen LogP contribution in [0.4, 0.5) is 29.7 Å². The second kappa shape index (κ2) is 9.91. The fourth-order valence-electron chi connectivity index (χ4n) is 4.67. The maximum atomic E-state index is 12.8. The number of alkyl halides is 3. The summed E-state index contributed by atoms with van der Waals surface area (Å²) in [5.74, 6) is -0.477. The number of fused-ring (bicyclic) bond motifs is 1. The molecule has 198 valence electrons. The molecule has 2 aromatic heterocycles. The molecule has 5 rings (SSSR count). The molecule has 1 aliphatic carbocycles. The fourth-order valence-corrected chi connectivity index (χ4v) is 5.73. The van der Waals surface area contributed by atoms with Gasteiger partial charge in [-0.1, -0.05) is 12.1 Å². The molecule has 3 aromatic rings. The minimum absolute atomic E-state index is 0.189. The van der Waals surface area contributed by atoms with Gasteiger partial charge < -0.3 is 30.5 Å². The first-order valence-corrected chi connectivity index (χ1v) is 12.5. The number of ether oxygens (including phenoxy) is 1. The number of halogens is 3. The van der Waals surface area contributed by atoms with Crippen molar-refractivity contribution >= 4 is 39.4 Å². The van der Waals surface area contributed by atoms with E-state index in [0.29, 0.717) is 29.2 Å². The number of carbonyl (C=O) groups excluding carboxylic acids is 1.